The topological polar surface area (TPSA) is 58.4 Å². The number of anilines is 1. The highest BCUT2D eigenvalue weighted by atomic mass is 35.5. The third kappa shape index (κ3) is 4.26. The molecule has 1 amide bonds. The van der Waals surface area contributed by atoms with Crippen molar-refractivity contribution in [3.63, 3.8) is 0 Å². The van der Waals surface area contributed by atoms with Crippen LogP contribution < -0.4 is 10.2 Å². The first-order chi connectivity index (χ1) is 11.2. The van der Waals surface area contributed by atoms with E-state index in [-0.39, 0.29) is 16.9 Å². The molecule has 3 rings (SSSR count). The Morgan fingerprint density at radius 1 is 1.17 bits per heavy atom. The summed E-state index contributed by atoms with van der Waals surface area (Å²) in [7, 11) is 0. The number of furan rings is 1. The molecule has 122 valence electrons. The van der Waals surface area contributed by atoms with Gasteiger partial charge < -0.3 is 14.6 Å². The van der Waals surface area contributed by atoms with Gasteiger partial charge in [-0.15, -0.1) is 0 Å². The summed E-state index contributed by atoms with van der Waals surface area (Å²) in [6.07, 6.45) is 6.88. The molecule has 5 nitrogen and oxygen atoms in total. The van der Waals surface area contributed by atoms with Gasteiger partial charge in [0.2, 0.25) is 0 Å². The van der Waals surface area contributed by atoms with Crippen LogP contribution in [0.4, 0.5) is 5.82 Å². The van der Waals surface area contributed by atoms with Crippen LogP contribution in [0.1, 0.15) is 41.8 Å². The lowest BCUT2D eigenvalue weighted by molar-refractivity contribution is 0.0923. The number of carbonyl (C=O) groups is 1. The van der Waals surface area contributed by atoms with Gasteiger partial charge in [-0.1, -0.05) is 18.9 Å². The molecule has 0 aliphatic carbocycles. The lowest BCUT2D eigenvalue weighted by atomic mass is 10.2. The molecular formula is C17H20ClN3O2. The second-order valence-corrected chi connectivity index (χ2v) is 6.08. The molecule has 1 saturated heterocycles. The summed E-state index contributed by atoms with van der Waals surface area (Å²) < 4.78 is 5.08. The molecule has 23 heavy (non-hydrogen) atoms. The molecule has 2 aromatic heterocycles. The Morgan fingerprint density at radius 2 is 1.96 bits per heavy atom. The SMILES string of the molecule is O=C(NCc1ccc(N2CCCCCC2)nc1)c1ccc(Cl)o1. The zero-order chi connectivity index (χ0) is 16.1. The van der Waals surface area contributed by atoms with E-state index in [1.807, 2.05) is 18.3 Å². The summed E-state index contributed by atoms with van der Waals surface area (Å²) in [6.45, 7) is 2.55. The van der Waals surface area contributed by atoms with Crippen LogP contribution >= 0.6 is 11.6 Å². The Kier molecular flexibility index (Phi) is 5.18. The summed E-state index contributed by atoms with van der Waals surface area (Å²) in [5, 5.41) is 3.00. The lowest BCUT2D eigenvalue weighted by Crippen LogP contribution is -2.25. The van der Waals surface area contributed by atoms with Crippen molar-refractivity contribution < 1.29 is 9.21 Å². The van der Waals surface area contributed by atoms with Crippen LogP contribution in [0.25, 0.3) is 0 Å². The molecule has 2 aromatic rings. The average Bonchev–Trinajstić information content (AvgIpc) is 2.84. The van der Waals surface area contributed by atoms with Crippen LogP contribution in [0.5, 0.6) is 0 Å². The van der Waals surface area contributed by atoms with Gasteiger partial charge in [-0.3, -0.25) is 4.79 Å². The van der Waals surface area contributed by atoms with Gasteiger partial charge in [0.15, 0.2) is 11.0 Å². The van der Waals surface area contributed by atoms with Gasteiger partial charge in [0, 0.05) is 25.8 Å². The van der Waals surface area contributed by atoms with Gasteiger partial charge in [-0.2, -0.15) is 0 Å². The Bertz CT molecular complexity index is 646. The van der Waals surface area contributed by atoms with E-state index in [0.29, 0.717) is 6.54 Å². The molecular weight excluding hydrogens is 314 g/mol. The van der Waals surface area contributed by atoms with E-state index in [9.17, 15) is 4.79 Å². The van der Waals surface area contributed by atoms with E-state index >= 15 is 0 Å². The Balaban J connectivity index is 1.55. The number of halogens is 1. The molecule has 1 aliphatic rings. The van der Waals surface area contributed by atoms with E-state index in [2.05, 4.69) is 15.2 Å². The number of rotatable bonds is 4. The third-order valence-electron chi connectivity index (χ3n) is 3.99. The van der Waals surface area contributed by atoms with Gasteiger partial charge in [-0.25, -0.2) is 4.98 Å². The molecule has 0 unspecified atom stereocenters. The van der Waals surface area contributed by atoms with Crippen molar-refractivity contribution >= 4 is 23.3 Å². The largest absolute Gasteiger partial charge is 0.440 e. The Morgan fingerprint density at radius 3 is 2.57 bits per heavy atom. The summed E-state index contributed by atoms with van der Waals surface area (Å²) in [5.74, 6) is 0.942. The van der Waals surface area contributed by atoms with Crippen LogP contribution in [-0.2, 0) is 6.54 Å². The molecule has 0 aromatic carbocycles. The van der Waals surface area contributed by atoms with Gasteiger partial charge >= 0.3 is 0 Å². The first-order valence-corrected chi connectivity index (χ1v) is 8.33. The number of amides is 1. The molecule has 6 heteroatoms. The maximum Gasteiger partial charge on any atom is 0.287 e. The van der Waals surface area contributed by atoms with Gasteiger partial charge in [0.1, 0.15) is 5.82 Å². The molecule has 0 atom stereocenters. The highest BCUT2D eigenvalue weighted by Crippen LogP contribution is 2.17. The zero-order valence-electron chi connectivity index (χ0n) is 12.9. The number of hydrogen-bond donors (Lipinski definition) is 1. The molecule has 0 radical (unpaired) electrons. The van der Waals surface area contributed by atoms with E-state index in [0.717, 1.165) is 24.5 Å². The molecule has 3 heterocycles. The lowest BCUT2D eigenvalue weighted by Gasteiger charge is -2.21. The van der Waals surface area contributed by atoms with Crippen molar-refractivity contribution in [1.82, 2.24) is 10.3 Å². The third-order valence-corrected chi connectivity index (χ3v) is 4.19. The van der Waals surface area contributed by atoms with Crippen molar-refractivity contribution in [3.05, 3.63) is 47.0 Å². The summed E-state index contributed by atoms with van der Waals surface area (Å²) >= 11 is 5.66. The monoisotopic (exact) mass is 333 g/mol. The van der Waals surface area contributed by atoms with Crippen molar-refractivity contribution in [1.29, 1.82) is 0 Å². The minimum Gasteiger partial charge on any atom is -0.440 e. The van der Waals surface area contributed by atoms with Crippen LogP contribution in [-0.4, -0.2) is 24.0 Å². The molecule has 0 bridgehead atoms. The standard InChI is InChI=1S/C17H20ClN3O2/c18-15-7-6-14(23-15)17(22)20-12-13-5-8-16(19-11-13)21-9-3-1-2-4-10-21/h5-8,11H,1-4,9-10,12H2,(H,20,22). The van der Waals surface area contributed by atoms with Crippen LogP contribution in [0.2, 0.25) is 5.22 Å². The first kappa shape index (κ1) is 15.9. The average molecular weight is 334 g/mol. The molecule has 0 saturated carbocycles. The second kappa shape index (κ2) is 7.51. The van der Waals surface area contributed by atoms with Crippen LogP contribution in [0, 0.1) is 0 Å². The molecule has 0 spiro atoms. The van der Waals surface area contributed by atoms with Crippen molar-refractivity contribution in [3.8, 4) is 0 Å². The normalized spacial score (nSPS) is 15.3. The van der Waals surface area contributed by atoms with Gasteiger partial charge in [0.25, 0.3) is 5.91 Å². The maximum absolute atomic E-state index is 11.9. The van der Waals surface area contributed by atoms with E-state index < -0.39 is 0 Å². The minimum atomic E-state index is -0.284. The van der Waals surface area contributed by atoms with E-state index in [1.165, 1.54) is 25.7 Å². The Labute approximate surface area is 140 Å². The van der Waals surface area contributed by atoms with Crippen molar-refractivity contribution in [2.45, 2.75) is 32.2 Å². The molecule has 1 aliphatic heterocycles. The quantitative estimate of drug-likeness (QED) is 0.928. The van der Waals surface area contributed by atoms with Crippen molar-refractivity contribution in [2.24, 2.45) is 0 Å². The predicted octanol–water partition coefficient (Wildman–Crippen LogP) is 3.64. The maximum atomic E-state index is 11.9. The fourth-order valence-electron chi connectivity index (χ4n) is 2.71. The highest BCUT2D eigenvalue weighted by Gasteiger charge is 2.12. The van der Waals surface area contributed by atoms with E-state index in [1.54, 1.807) is 12.1 Å². The number of nitrogens with one attached hydrogen (secondary N) is 1. The van der Waals surface area contributed by atoms with Gasteiger partial charge in [-0.05, 0) is 48.2 Å². The van der Waals surface area contributed by atoms with E-state index in [4.69, 9.17) is 16.0 Å². The van der Waals surface area contributed by atoms with Crippen LogP contribution in [0.15, 0.2) is 34.9 Å². The highest BCUT2D eigenvalue weighted by molar-refractivity contribution is 6.29. The number of pyridine rings is 1. The fourth-order valence-corrected chi connectivity index (χ4v) is 2.86. The predicted molar refractivity (Wildman–Crippen MR) is 89.8 cm³/mol. The number of carbonyl (C=O) groups excluding carboxylic acids is 1. The smallest absolute Gasteiger partial charge is 0.287 e. The minimum absolute atomic E-state index is 0.207. The zero-order valence-corrected chi connectivity index (χ0v) is 13.7. The molecule has 1 fully saturated rings. The van der Waals surface area contributed by atoms with Crippen LogP contribution in [0.3, 0.4) is 0 Å². The summed E-state index contributed by atoms with van der Waals surface area (Å²) in [4.78, 5) is 18.8. The Hall–Kier alpha value is -2.01. The number of nitrogens with zero attached hydrogens (tertiary/aromatic N) is 2. The number of aromatic nitrogens is 1. The summed E-state index contributed by atoms with van der Waals surface area (Å²) in [5.41, 5.74) is 0.953. The van der Waals surface area contributed by atoms with Gasteiger partial charge in [0.05, 0.1) is 0 Å². The fraction of sp³-hybridized carbons (Fsp3) is 0.412. The number of hydrogen-bond acceptors (Lipinski definition) is 4. The second-order valence-electron chi connectivity index (χ2n) is 5.71. The first-order valence-electron chi connectivity index (χ1n) is 7.96. The summed E-state index contributed by atoms with van der Waals surface area (Å²) in [6, 6.07) is 7.13. The van der Waals surface area contributed by atoms with Crippen molar-refractivity contribution in [2.75, 3.05) is 18.0 Å². The molecule has 1 N–H and O–H groups in total.